The van der Waals surface area contributed by atoms with E-state index in [0.717, 1.165) is 27.7 Å². The lowest BCUT2D eigenvalue weighted by Gasteiger charge is -2.00. The van der Waals surface area contributed by atoms with Crippen molar-refractivity contribution in [1.29, 1.82) is 0 Å². The molecule has 114 valence electrons. The quantitative estimate of drug-likeness (QED) is 0.646. The van der Waals surface area contributed by atoms with Gasteiger partial charge in [0, 0.05) is 29.0 Å². The lowest BCUT2D eigenvalue weighted by atomic mass is 10.1. The minimum atomic E-state index is 0.533. The van der Waals surface area contributed by atoms with Crippen molar-refractivity contribution < 1.29 is 0 Å². The van der Waals surface area contributed by atoms with Crippen LogP contribution in [0.4, 0.5) is 0 Å². The fourth-order valence-corrected chi connectivity index (χ4v) is 2.52. The predicted molar refractivity (Wildman–Crippen MR) is 95.4 cm³/mol. The highest BCUT2D eigenvalue weighted by atomic mass is 35.5. The van der Waals surface area contributed by atoms with Gasteiger partial charge in [-0.2, -0.15) is 5.10 Å². The van der Waals surface area contributed by atoms with E-state index in [-0.39, 0.29) is 0 Å². The Kier molecular flexibility index (Phi) is 5.58. The van der Waals surface area contributed by atoms with Crippen LogP contribution in [0.15, 0.2) is 30.6 Å². The van der Waals surface area contributed by atoms with Crippen LogP contribution in [-0.4, -0.2) is 15.2 Å². The lowest BCUT2D eigenvalue weighted by Crippen LogP contribution is -1.81. The number of H-pyrrole nitrogens is 1. The predicted octanol–water partition coefficient (Wildman–Crippen LogP) is 5.77. The first kappa shape index (κ1) is 16.5. The molecule has 3 rings (SSSR count). The van der Waals surface area contributed by atoms with Gasteiger partial charge >= 0.3 is 0 Å². The summed E-state index contributed by atoms with van der Waals surface area (Å²) in [6.45, 7) is 6.00. The van der Waals surface area contributed by atoms with E-state index in [1.54, 1.807) is 12.4 Å². The van der Waals surface area contributed by atoms with Crippen LogP contribution in [0.2, 0.25) is 10.0 Å². The van der Waals surface area contributed by atoms with Gasteiger partial charge in [0.1, 0.15) is 0 Å². The van der Waals surface area contributed by atoms with Gasteiger partial charge in [0.15, 0.2) is 0 Å². The molecule has 0 spiro atoms. The first-order chi connectivity index (χ1) is 10.6. The Labute approximate surface area is 140 Å². The highest BCUT2D eigenvalue weighted by Gasteiger charge is 2.03. The molecule has 0 saturated carbocycles. The SMILES string of the molecule is CC.Cc1[nH]nc2cc(/C=C/c3c(Cl)cncc3Cl)ccc12. The third-order valence-corrected chi connectivity index (χ3v) is 3.71. The fraction of sp³-hybridized carbons (Fsp3) is 0.176. The van der Waals surface area contributed by atoms with Crippen molar-refractivity contribution in [3.63, 3.8) is 0 Å². The monoisotopic (exact) mass is 333 g/mol. The average molecular weight is 334 g/mol. The molecule has 0 radical (unpaired) electrons. The molecule has 0 bridgehead atoms. The number of nitrogens with one attached hydrogen (secondary N) is 1. The van der Waals surface area contributed by atoms with Gasteiger partial charge in [-0.1, -0.05) is 61.3 Å². The van der Waals surface area contributed by atoms with Gasteiger partial charge in [-0.3, -0.25) is 10.1 Å². The topological polar surface area (TPSA) is 41.6 Å². The van der Waals surface area contributed by atoms with E-state index in [2.05, 4.69) is 15.2 Å². The van der Waals surface area contributed by atoms with Crippen molar-refractivity contribution in [3.05, 3.63) is 57.5 Å². The van der Waals surface area contributed by atoms with E-state index in [1.807, 2.05) is 51.1 Å². The summed E-state index contributed by atoms with van der Waals surface area (Å²) in [6, 6.07) is 6.09. The molecule has 22 heavy (non-hydrogen) atoms. The summed E-state index contributed by atoms with van der Waals surface area (Å²) >= 11 is 12.2. The standard InChI is InChI=1S/C15H11Cl2N3.C2H6/c1-9-11-4-2-10(6-15(11)20-19-9)3-5-12-13(16)7-18-8-14(12)17;1-2/h2-8H,1H3,(H,19,20);1-2H3/b5-3+;. The van der Waals surface area contributed by atoms with E-state index in [4.69, 9.17) is 23.2 Å². The number of aromatic nitrogens is 3. The summed E-state index contributed by atoms with van der Waals surface area (Å²) in [5.74, 6) is 0. The van der Waals surface area contributed by atoms with Gasteiger partial charge in [-0.25, -0.2) is 0 Å². The first-order valence-electron chi connectivity index (χ1n) is 7.07. The summed E-state index contributed by atoms with van der Waals surface area (Å²) in [5.41, 5.74) is 3.81. The van der Waals surface area contributed by atoms with Crippen LogP contribution in [0.3, 0.4) is 0 Å². The van der Waals surface area contributed by atoms with E-state index in [1.165, 1.54) is 0 Å². The Bertz CT molecular complexity index is 787. The molecule has 3 nitrogen and oxygen atoms in total. The number of aryl methyl sites for hydroxylation is 1. The Morgan fingerprint density at radius 2 is 1.73 bits per heavy atom. The molecular formula is C17H17Cl2N3. The van der Waals surface area contributed by atoms with Crippen LogP contribution >= 0.6 is 23.2 Å². The average Bonchev–Trinajstić information content (AvgIpc) is 2.90. The second-order valence-electron chi connectivity index (χ2n) is 4.48. The molecule has 2 heterocycles. The second kappa shape index (κ2) is 7.43. The van der Waals surface area contributed by atoms with Crippen molar-refractivity contribution in [2.45, 2.75) is 20.8 Å². The first-order valence-corrected chi connectivity index (χ1v) is 7.82. The largest absolute Gasteiger partial charge is 0.282 e. The minimum Gasteiger partial charge on any atom is -0.282 e. The van der Waals surface area contributed by atoms with E-state index in [9.17, 15) is 0 Å². The van der Waals surface area contributed by atoms with Crippen LogP contribution in [-0.2, 0) is 0 Å². The Morgan fingerprint density at radius 1 is 1.05 bits per heavy atom. The highest BCUT2D eigenvalue weighted by Crippen LogP contribution is 2.25. The van der Waals surface area contributed by atoms with Crippen LogP contribution < -0.4 is 0 Å². The number of benzene rings is 1. The number of hydrogen-bond acceptors (Lipinski definition) is 2. The Morgan fingerprint density at radius 3 is 2.41 bits per heavy atom. The summed E-state index contributed by atoms with van der Waals surface area (Å²) in [4.78, 5) is 3.93. The number of fused-ring (bicyclic) bond motifs is 1. The minimum absolute atomic E-state index is 0.533. The highest BCUT2D eigenvalue weighted by molar-refractivity contribution is 6.37. The van der Waals surface area contributed by atoms with Gasteiger partial charge in [-0.15, -0.1) is 0 Å². The third-order valence-electron chi connectivity index (χ3n) is 3.10. The van der Waals surface area contributed by atoms with Crippen molar-refractivity contribution in [2.24, 2.45) is 0 Å². The molecule has 0 atom stereocenters. The number of rotatable bonds is 2. The molecular weight excluding hydrogens is 317 g/mol. The zero-order valence-electron chi connectivity index (χ0n) is 12.7. The molecule has 5 heteroatoms. The molecule has 0 unspecified atom stereocenters. The van der Waals surface area contributed by atoms with Crippen LogP contribution in [0.25, 0.3) is 23.1 Å². The third kappa shape index (κ3) is 3.49. The number of nitrogens with zero attached hydrogens (tertiary/aromatic N) is 2. The summed E-state index contributed by atoms with van der Waals surface area (Å²) < 4.78 is 0. The normalized spacial score (nSPS) is 10.8. The second-order valence-corrected chi connectivity index (χ2v) is 5.29. The summed E-state index contributed by atoms with van der Waals surface area (Å²) in [6.07, 6.45) is 6.99. The van der Waals surface area contributed by atoms with Gasteiger partial charge in [-0.05, 0) is 18.6 Å². The molecule has 0 saturated heterocycles. The Balaban J connectivity index is 0.000000847. The van der Waals surface area contributed by atoms with Gasteiger partial charge in [0.2, 0.25) is 0 Å². The zero-order valence-corrected chi connectivity index (χ0v) is 14.2. The maximum Gasteiger partial charge on any atom is 0.0929 e. The van der Waals surface area contributed by atoms with Crippen LogP contribution in [0.5, 0.6) is 0 Å². The number of pyridine rings is 1. The van der Waals surface area contributed by atoms with Crippen molar-refractivity contribution in [3.8, 4) is 0 Å². The smallest absolute Gasteiger partial charge is 0.0929 e. The van der Waals surface area contributed by atoms with E-state index >= 15 is 0 Å². The number of aromatic amines is 1. The van der Waals surface area contributed by atoms with Gasteiger partial charge in [0.25, 0.3) is 0 Å². The zero-order chi connectivity index (χ0) is 16.1. The van der Waals surface area contributed by atoms with Gasteiger partial charge < -0.3 is 0 Å². The van der Waals surface area contributed by atoms with Crippen LogP contribution in [0, 0.1) is 6.92 Å². The molecule has 2 aromatic heterocycles. The van der Waals surface area contributed by atoms with Crippen LogP contribution in [0.1, 0.15) is 30.7 Å². The molecule has 0 aliphatic heterocycles. The Hall–Kier alpha value is -1.84. The van der Waals surface area contributed by atoms with Crippen molar-refractivity contribution in [1.82, 2.24) is 15.2 Å². The molecule has 0 aliphatic rings. The van der Waals surface area contributed by atoms with E-state index in [0.29, 0.717) is 10.0 Å². The number of hydrogen-bond donors (Lipinski definition) is 1. The van der Waals surface area contributed by atoms with Crippen molar-refractivity contribution >= 4 is 46.3 Å². The maximum atomic E-state index is 6.08. The molecule has 0 amide bonds. The van der Waals surface area contributed by atoms with Gasteiger partial charge in [0.05, 0.1) is 15.6 Å². The number of halogens is 2. The lowest BCUT2D eigenvalue weighted by molar-refractivity contribution is 1.07. The molecule has 3 aromatic rings. The fourth-order valence-electron chi connectivity index (χ4n) is 2.03. The maximum absolute atomic E-state index is 6.08. The van der Waals surface area contributed by atoms with E-state index < -0.39 is 0 Å². The summed E-state index contributed by atoms with van der Waals surface area (Å²) in [5, 5.41) is 9.41. The summed E-state index contributed by atoms with van der Waals surface area (Å²) in [7, 11) is 0. The van der Waals surface area contributed by atoms with Crippen molar-refractivity contribution in [2.75, 3.05) is 0 Å². The molecule has 1 N–H and O–H groups in total. The molecule has 0 aliphatic carbocycles. The molecule has 1 aromatic carbocycles. The molecule has 0 fully saturated rings.